The quantitative estimate of drug-likeness (QED) is 0.710. The summed E-state index contributed by atoms with van der Waals surface area (Å²) in [4.78, 5) is 2.33. The van der Waals surface area contributed by atoms with Gasteiger partial charge in [-0.25, -0.2) is 0 Å². The Balaban J connectivity index is 1.75. The van der Waals surface area contributed by atoms with Crippen LogP contribution in [0.15, 0.2) is 54.9 Å². The molecule has 0 amide bonds. The maximum Gasteiger partial charge on any atom is 0.0534 e. The summed E-state index contributed by atoms with van der Waals surface area (Å²) < 4.78 is 1.97. The number of benzene rings is 2. The van der Waals surface area contributed by atoms with Crippen molar-refractivity contribution < 1.29 is 0 Å². The van der Waals surface area contributed by atoms with E-state index in [0.717, 1.165) is 19.6 Å². The van der Waals surface area contributed by atoms with Gasteiger partial charge in [-0.15, -0.1) is 0 Å². The van der Waals surface area contributed by atoms with Crippen LogP contribution in [0.5, 0.6) is 0 Å². The molecule has 0 atom stereocenters. The molecule has 0 unspecified atom stereocenters. The minimum atomic E-state index is 0.920. The van der Waals surface area contributed by atoms with Crippen LogP contribution in [0.4, 0.5) is 0 Å². The van der Waals surface area contributed by atoms with Crippen LogP contribution in [-0.2, 0) is 19.6 Å². The smallest absolute Gasteiger partial charge is 0.0534 e. The second kappa shape index (κ2) is 6.10. The van der Waals surface area contributed by atoms with Crippen LogP contribution < -0.4 is 0 Å². The summed E-state index contributed by atoms with van der Waals surface area (Å²) in [6.07, 6.45) is 4.09. The normalized spacial score (nSPS) is 11.4. The molecule has 3 aromatic rings. The van der Waals surface area contributed by atoms with E-state index in [9.17, 15) is 0 Å². The minimum Gasteiger partial charge on any atom is -0.298 e. The molecular formula is C18H21N3. The van der Waals surface area contributed by atoms with Crippen molar-refractivity contribution >= 4 is 10.8 Å². The molecule has 21 heavy (non-hydrogen) atoms. The lowest BCUT2D eigenvalue weighted by Crippen LogP contribution is -2.17. The Morgan fingerprint density at radius 2 is 1.86 bits per heavy atom. The van der Waals surface area contributed by atoms with Gasteiger partial charge >= 0.3 is 0 Å². The minimum absolute atomic E-state index is 0.920. The predicted octanol–water partition coefficient (Wildman–Crippen LogP) is 3.69. The fourth-order valence-electron chi connectivity index (χ4n) is 2.75. The first-order chi connectivity index (χ1) is 10.3. The summed E-state index contributed by atoms with van der Waals surface area (Å²) in [5, 5.41) is 6.99. The van der Waals surface area contributed by atoms with E-state index in [1.54, 1.807) is 0 Å². The summed E-state index contributed by atoms with van der Waals surface area (Å²) in [6.45, 7) is 4.89. The molecule has 0 spiro atoms. The first kappa shape index (κ1) is 13.8. The summed E-state index contributed by atoms with van der Waals surface area (Å²) in [6, 6.07) is 15.1. The van der Waals surface area contributed by atoms with Crippen LogP contribution >= 0.6 is 0 Å². The lowest BCUT2D eigenvalue weighted by Gasteiger charge is -2.17. The van der Waals surface area contributed by atoms with Crippen molar-refractivity contribution in [3.63, 3.8) is 0 Å². The molecule has 3 nitrogen and oxygen atoms in total. The van der Waals surface area contributed by atoms with Gasteiger partial charge in [0, 0.05) is 31.4 Å². The average Bonchev–Trinajstić information content (AvgIpc) is 2.95. The molecule has 3 heteroatoms. The van der Waals surface area contributed by atoms with Gasteiger partial charge in [-0.05, 0) is 30.3 Å². The molecule has 0 bridgehead atoms. The van der Waals surface area contributed by atoms with Crippen molar-refractivity contribution in [2.45, 2.75) is 26.6 Å². The van der Waals surface area contributed by atoms with Gasteiger partial charge in [-0.3, -0.25) is 9.58 Å². The highest BCUT2D eigenvalue weighted by Gasteiger charge is 2.06. The average molecular weight is 279 g/mol. The van der Waals surface area contributed by atoms with Crippen molar-refractivity contribution in [2.24, 2.45) is 0 Å². The highest BCUT2D eigenvalue weighted by Crippen LogP contribution is 2.20. The molecule has 0 fully saturated rings. The Hall–Kier alpha value is -2.13. The fraction of sp³-hybridized carbons (Fsp3) is 0.278. The number of fused-ring (bicyclic) bond motifs is 1. The fourth-order valence-corrected chi connectivity index (χ4v) is 2.75. The Labute approximate surface area is 125 Å². The molecule has 2 aromatic carbocycles. The van der Waals surface area contributed by atoms with Gasteiger partial charge in [-0.2, -0.15) is 5.10 Å². The van der Waals surface area contributed by atoms with Gasteiger partial charge in [0.1, 0.15) is 0 Å². The molecule has 0 N–H and O–H groups in total. The molecule has 3 rings (SSSR count). The van der Waals surface area contributed by atoms with Crippen LogP contribution in [0.3, 0.4) is 0 Å². The van der Waals surface area contributed by atoms with Gasteiger partial charge in [0.15, 0.2) is 0 Å². The van der Waals surface area contributed by atoms with Crippen molar-refractivity contribution in [3.05, 3.63) is 66.0 Å². The van der Waals surface area contributed by atoms with Gasteiger partial charge in [0.25, 0.3) is 0 Å². The zero-order chi connectivity index (χ0) is 14.7. The summed E-state index contributed by atoms with van der Waals surface area (Å²) in [5.74, 6) is 0. The number of nitrogens with zero attached hydrogens (tertiary/aromatic N) is 3. The Bertz CT molecular complexity index is 725. The van der Waals surface area contributed by atoms with Crippen LogP contribution in [0.2, 0.25) is 0 Å². The van der Waals surface area contributed by atoms with Gasteiger partial charge in [0.05, 0.1) is 6.20 Å². The molecular weight excluding hydrogens is 258 g/mol. The standard InChI is InChI=1S/C18H21N3/c1-3-21-13-15(11-19-21)12-20(2)14-17-9-6-8-16-7-4-5-10-18(16)17/h4-11,13H,3,12,14H2,1-2H3. The van der Waals surface area contributed by atoms with Gasteiger partial charge in [-0.1, -0.05) is 42.5 Å². The summed E-state index contributed by atoms with van der Waals surface area (Å²) >= 11 is 0. The highest BCUT2D eigenvalue weighted by atomic mass is 15.3. The third-order valence-electron chi connectivity index (χ3n) is 3.78. The molecule has 0 saturated heterocycles. The maximum absolute atomic E-state index is 4.33. The topological polar surface area (TPSA) is 21.1 Å². The number of rotatable bonds is 5. The highest BCUT2D eigenvalue weighted by molar-refractivity contribution is 5.85. The van der Waals surface area contributed by atoms with E-state index in [4.69, 9.17) is 0 Å². The van der Waals surface area contributed by atoms with Crippen molar-refractivity contribution in [2.75, 3.05) is 7.05 Å². The number of aromatic nitrogens is 2. The second-order valence-electron chi connectivity index (χ2n) is 5.51. The number of hydrogen-bond acceptors (Lipinski definition) is 2. The molecule has 0 radical (unpaired) electrons. The SMILES string of the molecule is CCn1cc(CN(C)Cc2cccc3ccccc23)cn1. The summed E-state index contributed by atoms with van der Waals surface area (Å²) in [7, 11) is 2.16. The van der Waals surface area contributed by atoms with Crippen molar-refractivity contribution in [1.29, 1.82) is 0 Å². The number of hydrogen-bond donors (Lipinski definition) is 0. The van der Waals surface area contributed by atoms with Gasteiger partial charge in [0.2, 0.25) is 0 Å². The second-order valence-corrected chi connectivity index (χ2v) is 5.51. The van der Waals surface area contributed by atoms with E-state index in [-0.39, 0.29) is 0 Å². The third kappa shape index (κ3) is 3.14. The lowest BCUT2D eigenvalue weighted by molar-refractivity contribution is 0.320. The third-order valence-corrected chi connectivity index (χ3v) is 3.78. The van der Waals surface area contributed by atoms with Crippen LogP contribution in [-0.4, -0.2) is 21.7 Å². The molecule has 108 valence electrons. The Kier molecular flexibility index (Phi) is 4.02. The molecule has 1 heterocycles. The zero-order valence-electron chi connectivity index (χ0n) is 12.7. The van der Waals surface area contributed by atoms with E-state index in [1.807, 2.05) is 10.9 Å². The molecule has 0 aliphatic rings. The largest absolute Gasteiger partial charge is 0.298 e. The van der Waals surface area contributed by atoms with Crippen LogP contribution in [0, 0.1) is 0 Å². The van der Waals surface area contributed by atoms with Crippen molar-refractivity contribution in [1.82, 2.24) is 14.7 Å². The predicted molar refractivity (Wildman–Crippen MR) is 87.0 cm³/mol. The molecule has 0 aliphatic heterocycles. The first-order valence-corrected chi connectivity index (χ1v) is 7.43. The lowest BCUT2D eigenvalue weighted by atomic mass is 10.0. The van der Waals surface area contributed by atoms with Crippen LogP contribution in [0.25, 0.3) is 10.8 Å². The zero-order valence-corrected chi connectivity index (χ0v) is 12.7. The Morgan fingerprint density at radius 1 is 1.05 bits per heavy atom. The first-order valence-electron chi connectivity index (χ1n) is 7.43. The molecule has 0 saturated carbocycles. The summed E-state index contributed by atoms with van der Waals surface area (Å²) in [5.41, 5.74) is 2.64. The van der Waals surface area contributed by atoms with Crippen molar-refractivity contribution in [3.8, 4) is 0 Å². The molecule has 0 aliphatic carbocycles. The van der Waals surface area contributed by atoms with E-state index in [1.165, 1.54) is 21.9 Å². The van der Waals surface area contributed by atoms with Gasteiger partial charge < -0.3 is 0 Å². The molecule has 1 aromatic heterocycles. The number of aryl methyl sites for hydroxylation is 1. The monoisotopic (exact) mass is 279 g/mol. The van der Waals surface area contributed by atoms with E-state index < -0.39 is 0 Å². The van der Waals surface area contributed by atoms with Crippen LogP contribution in [0.1, 0.15) is 18.1 Å². The Morgan fingerprint density at radius 3 is 2.67 bits per heavy atom. The van der Waals surface area contributed by atoms with E-state index >= 15 is 0 Å². The van der Waals surface area contributed by atoms with E-state index in [0.29, 0.717) is 0 Å². The van der Waals surface area contributed by atoms with E-state index in [2.05, 4.69) is 72.6 Å². The maximum atomic E-state index is 4.33.